The summed E-state index contributed by atoms with van der Waals surface area (Å²) in [6, 6.07) is 0. The van der Waals surface area contributed by atoms with E-state index in [1.807, 2.05) is 27.8 Å². The molecule has 0 saturated carbocycles. The van der Waals surface area contributed by atoms with Crippen molar-refractivity contribution in [1.82, 2.24) is 20.2 Å². The molecule has 0 bridgehead atoms. The number of aromatic nitrogens is 2. The summed E-state index contributed by atoms with van der Waals surface area (Å²) in [5.74, 6) is 0.487. The number of carbonyl (C=O) groups is 1. The molecule has 0 radical (unpaired) electrons. The van der Waals surface area contributed by atoms with E-state index in [0.29, 0.717) is 19.0 Å². The normalized spacial score (nSPS) is 14.5. The fourth-order valence-corrected chi connectivity index (χ4v) is 2.54. The molecule has 2 rings (SSSR count). The third kappa shape index (κ3) is 4.71. The number of carbonyl (C=O) groups excluding carboxylic acids is 1. The molecule has 1 aromatic heterocycles. The Morgan fingerprint density at radius 1 is 1.44 bits per heavy atom. The molecule has 1 aliphatic rings. The van der Waals surface area contributed by atoms with Crippen LogP contribution in [0.4, 0.5) is 10.7 Å². The Hall–Kier alpha value is -2.57. The van der Waals surface area contributed by atoms with Crippen LogP contribution in [0, 0.1) is 0 Å². The number of amides is 1. The van der Waals surface area contributed by atoms with Gasteiger partial charge in [0.15, 0.2) is 0 Å². The average Bonchev–Trinajstić information content (AvgIpc) is 2.96. The van der Waals surface area contributed by atoms with Crippen LogP contribution >= 0.6 is 0 Å². The smallest absolute Gasteiger partial charge is 0.410 e. The van der Waals surface area contributed by atoms with Gasteiger partial charge in [-0.15, -0.1) is 0 Å². The van der Waals surface area contributed by atoms with Crippen molar-refractivity contribution >= 4 is 12.0 Å². The van der Waals surface area contributed by atoms with E-state index in [9.17, 15) is 4.79 Å². The quantitative estimate of drug-likeness (QED) is 0.798. The summed E-state index contributed by atoms with van der Waals surface area (Å²) in [4.78, 5) is 22.7. The molecule has 0 fully saturated rings. The Labute approximate surface area is 149 Å². The molecule has 1 aliphatic heterocycles. The van der Waals surface area contributed by atoms with Crippen LogP contribution in [0.15, 0.2) is 30.2 Å². The first-order valence-corrected chi connectivity index (χ1v) is 8.40. The van der Waals surface area contributed by atoms with Gasteiger partial charge in [-0.05, 0) is 33.3 Å². The van der Waals surface area contributed by atoms with E-state index in [1.54, 1.807) is 17.2 Å². The Morgan fingerprint density at radius 3 is 2.72 bits per heavy atom. The van der Waals surface area contributed by atoms with Crippen LogP contribution < -0.4 is 10.6 Å². The molecule has 0 aliphatic carbocycles. The Bertz CT molecular complexity index is 685. The van der Waals surface area contributed by atoms with Gasteiger partial charge in [0.05, 0.1) is 24.5 Å². The zero-order valence-corrected chi connectivity index (χ0v) is 15.6. The van der Waals surface area contributed by atoms with E-state index in [1.165, 1.54) is 0 Å². The minimum absolute atomic E-state index is 0.338. The highest BCUT2D eigenvalue weighted by atomic mass is 16.6. The van der Waals surface area contributed by atoms with Gasteiger partial charge in [-0.2, -0.15) is 0 Å². The molecule has 7 nitrogen and oxygen atoms in total. The van der Waals surface area contributed by atoms with Crippen LogP contribution in [0.25, 0.3) is 0 Å². The van der Waals surface area contributed by atoms with E-state index >= 15 is 0 Å². The highest BCUT2D eigenvalue weighted by Crippen LogP contribution is 2.24. The van der Waals surface area contributed by atoms with Crippen LogP contribution in [0.1, 0.15) is 45.4 Å². The van der Waals surface area contributed by atoms with Crippen molar-refractivity contribution in [3.63, 3.8) is 0 Å². The fourth-order valence-electron chi connectivity index (χ4n) is 2.54. The third-order valence-corrected chi connectivity index (χ3v) is 3.74. The highest BCUT2D eigenvalue weighted by molar-refractivity contribution is 5.69. The molecule has 0 unspecified atom stereocenters. The van der Waals surface area contributed by atoms with Crippen LogP contribution in [0.3, 0.4) is 0 Å². The lowest BCUT2D eigenvalue weighted by Gasteiger charge is -2.23. The number of ether oxygens (including phenoxy) is 1. The highest BCUT2D eigenvalue weighted by Gasteiger charge is 2.29. The first kappa shape index (κ1) is 18.8. The van der Waals surface area contributed by atoms with Crippen molar-refractivity contribution in [1.29, 1.82) is 0 Å². The number of hydrogen-bond acceptors (Lipinski definition) is 6. The molecular formula is C18H27N5O2. The Balaban J connectivity index is 2.13. The van der Waals surface area contributed by atoms with Gasteiger partial charge in [0.25, 0.3) is 0 Å². The van der Waals surface area contributed by atoms with Gasteiger partial charge in [-0.25, -0.2) is 14.8 Å². The fraction of sp³-hybridized carbons (Fsp3) is 0.500. The van der Waals surface area contributed by atoms with Gasteiger partial charge in [0.2, 0.25) is 5.95 Å². The molecule has 7 heteroatoms. The Kier molecular flexibility index (Phi) is 5.66. The summed E-state index contributed by atoms with van der Waals surface area (Å²) in [5, 5.41) is 6.32. The lowest BCUT2D eigenvalue weighted by Crippen LogP contribution is -2.33. The molecule has 25 heavy (non-hydrogen) atoms. The van der Waals surface area contributed by atoms with Crippen molar-refractivity contribution < 1.29 is 9.53 Å². The number of hydrogen-bond donors (Lipinski definition) is 2. The van der Waals surface area contributed by atoms with Crippen molar-refractivity contribution in [2.24, 2.45) is 0 Å². The number of allylic oxidation sites excluding steroid dienone is 2. The van der Waals surface area contributed by atoms with Crippen LogP contribution in [-0.2, 0) is 17.8 Å². The minimum Gasteiger partial charge on any atom is -0.444 e. The van der Waals surface area contributed by atoms with Crippen molar-refractivity contribution in [2.75, 3.05) is 12.4 Å². The van der Waals surface area contributed by atoms with E-state index in [2.05, 4.69) is 34.1 Å². The van der Waals surface area contributed by atoms with Gasteiger partial charge in [0.1, 0.15) is 5.60 Å². The molecule has 0 atom stereocenters. The zero-order valence-electron chi connectivity index (χ0n) is 15.6. The summed E-state index contributed by atoms with van der Waals surface area (Å²) in [7, 11) is 1.87. The first-order chi connectivity index (χ1) is 11.8. The van der Waals surface area contributed by atoms with E-state index in [-0.39, 0.29) is 6.09 Å². The summed E-state index contributed by atoms with van der Waals surface area (Å²) >= 11 is 0. The molecule has 136 valence electrons. The maximum atomic E-state index is 12.2. The summed E-state index contributed by atoms with van der Waals surface area (Å²) in [5.41, 5.74) is 3.11. The number of nitrogens with zero attached hydrogens (tertiary/aromatic N) is 3. The molecule has 1 amide bonds. The topological polar surface area (TPSA) is 79.4 Å². The van der Waals surface area contributed by atoms with Gasteiger partial charge < -0.3 is 15.4 Å². The third-order valence-electron chi connectivity index (χ3n) is 3.74. The molecule has 0 saturated heterocycles. The molecule has 0 spiro atoms. The van der Waals surface area contributed by atoms with Gasteiger partial charge in [-0.3, -0.25) is 4.90 Å². The summed E-state index contributed by atoms with van der Waals surface area (Å²) in [6.07, 6.45) is 3.98. The standard InChI is InChI=1S/C18H27N5O2/c1-7-13(19-6)14(8-2)21-16-20-9-12-10-23(11-15(12)22-16)17(24)25-18(3,4)5/h8-9,19H,2,7,10-11H2,1,3-6H3,(H,20,21,22)/b14-13+. The summed E-state index contributed by atoms with van der Waals surface area (Å²) < 4.78 is 5.42. The second-order valence-corrected chi connectivity index (χ2v) is 6.83. The molecular weight excluding hydrogens is 318 g/mol. The van der Waals surface area contributed by atoms with E-state index in [0.717, 1.165) is 29.1 Å². The number of fused-ring (bicyclic) bond motifs is 1. The molecule has 1 aromatic rings. The predicted octanol–water partition coefficient (Wildman–Crippen LogP) is 3.17. The van der Waals surface area contributed by atoms with Gasteiger partial charge in [0, 0.05) is 24.5 Å². The molecule has 2 heterocycles. The van der Waals surface area contributed by atoms with Crippen LogP contribution in [0.2, 0.25) is 0 Å². The lowest BCUT2D eigenvalue weighted by atomic mass is 10.2. The van der Waals surface area contributed by atoms with Crippen molar-refractivity contribution in [3.8, 4) is 0 Å². The monoisotopic (exact) mass is 345 g/mol. The van der Waals surface area contributed by atoms with Crippen molar-refractivity contribution in [3.05, 3.63) is 41.5 Å². The number of rotatable bonds is 5. The summed E-state index contributed by atoms with van der Waals surface area (Å²) in [6.45, 7) is 12.3. The van der Waals surface area contributed by atoms with E-state index < -0.39 is 5.60 Å². The van der Waals surface area contributed by atoms with Crippen LogP contribution in [0.5, 0.6) is 0 Å². The second kappa shape index (κ2) is 7.55. The minimum atomic E-state index is -0.516. The largest absolute Gasteiger partial charge is 0.444 e. The SMILES string of the molecule is C=C/C(Nc1ncc2c(n1)CN(C(=O)OC(C)(C)C)C2)=C(/CC)NC. The van der Waals surface area contributed by atoms with E-state index in [4.69, 9.17) is 4.74 Å². The maximum Gasteiger partial charge on any atom is 0.410 e. The van der Waals surface area contributed by atoms with Crippen LogP contribution in [-0.4, -0.2) is 33.6 Å². The Morgan fingerprint density at radius 2 is 2.16 bits per heavy atom. The average molecular weight is 345 g/mol. The lowest BCUT2D eigenvalue weighted by molar-refractivity contribution is 0.0240. The van der Waals surface area contributed by atoms with Gasteiger partial charge in [-0.1, -0.05) is 13.5 Å². The first-order valence-electron chi connectivity index (χ1n) is 8.40. The number of anilines is 1. The second-order valence-electron chi connectivity index (χ2n) is 6.83. The van der Waals surface area contributed by atoms with Crippen molar-refractivity contribution in [2.45, 2.75) is 52.8 Å². The zero-order chi connectivity index (χ0) is 18.6. The maximum absolute atomic E-state index is 12.2. The predicted molar refractivity (Wildman–Crippen MR) is 97.7 cm³/mol. The van der Waals surface area contributed by atoms with Gasteiger partial charge >= 0.3 is 6.09 Å². The molecule has 2 N–H and O–H groups in total. The number of nitrogens with one attached hydrogen (secondary N) is 2. The molecule has 0 aromatic carbocycles.